The van der Waals surface area contributed by atoms with Crippen molar-refractivity contribution in [2.24, 2.45) is 0 Å². The van der Waals surface area contributed by atoms with Crippen molar-refractivity contribution in [3.8, 4) is 0 Å². The molecule has 0 bridgehead atoms. The quantitative estimate of drug-likeness (QED) is 0.625. The van der Waals surface area contributed by atoms with Gasteiger partial charge in [0.05, 0.1) is 6.61 Å². The first kappa shape index (κ1) is 19.2. The molecule has 0 saturated heterocycles. The van der Waals surface area contributed by atoms with E-state index in [0.29, 0.717) is 16.1 Å². The van der Waals surface area contributed by atoms with Crippen molar-refractivity contribution in [3.63, 3.8) is 0 Å². The Hall–Kier alpha value is -2.15. The fourth-order valence-electron chi connectivity index (χ4n) is 1.94. The van der Waals surface area contributed by atoms with Gasteiger partial charge in [-0.1, -0.05) is 39.7 Å². The molecule has 25 heavy (non-hydrogen) atoms. The Labute approximate surface area is 158 Å². The first-order valence-electron chi connectivity index (χ1n) is 7.43. The van der Waals surface area contributed by atoms with Gasteiger partial charge in [0, 0.05) is 21.6 Å². The summed E-state index contributed by atoms with van der Waals surface area (Å²) in [4.78, 5) is 24.6. The Morgan fingerprint density at radius 2 is 1.72 bits per heavy atom. The lowest BCUT2D eigenvalue weighted by Crippen LogP contribution is -2.36. The molecule has 130 valence electrons. The molecule has 2 rings (SSSR count). The van der Waals surface area contributed by atoms with Crippen molar-refractivity contribution < 1.29 is 14.7 Å². The van der Waals surface area contributed by atoms with Gasteiger partial charge < -0.3 is 15.7 Å². The molecule has 0 spiro atoms. The van der Waals surface area contributed by atoms with Crippen LogP contribution in [0.3, 0.4) is 0 Å². The van der Waals surface area contributed by atoms with Crippen molar-refractivity contribution in [3.05, 3.63) is 74.9 Å². The van der Waals surface area contributed by atoms with Crippen molar-refractivity contribution in [1.29, 1.82) is 0 Å². The standard InChI is InChI=1S/C18H16BrClN2O3/c19-14-5-3-13(4-6-14)17(24)22-16(18(25)21-9-10-23)11-12-1-7-15(20)8-2-12/h1-8,11,23H,9-10H2,(H,21,25)(H,22,24). The number of benzene rings is 2. The molecule has 2 amide bonds. The Morgan fingerprint density at radius 1 is 1.08 bits per heavy atom. The van der Waals surface area contributed by atoms with Gasteiger partial charge in [-0.05, 0) is 48.0 Å². The Kier molecular flexibility index (Phi) is 7.18. The number of aliphatic hydroxyl groups excluding tert-OH is 1. The summed E-state index contributed by atoms with van der Waals surface area (Å²) >= 11 is 9.16. The minimum absolute atomic E-state index is 0.0729. The zero-order valence-electron chi connectivity index (χ0n) is 13.1. The Bertz CT molecular complexity index is 774. The van der Waals surface area contributed by atoms with E-state index in [0.717, 1.165) is 4.47 Å². The average Bonchev–Trinajstić information content (AvgIpc) is 2.61. The first-order valence-corrected chi connectivity index (χ1v) is 8.60. The second-order valence-corrected chi connectivity index (χ2v) is 6.40. The van der Waals surface area contributed by atoms with Gasteiger partial charge in [0.25, 0.3) is 11.8 Å². The van der Waals surface area contributed by atoms with Gasteiger partial charge in [0.1, 0.15) is 5.70 Å². The van der Waals surface area contributed by atoms with E-state index in [1.54, 1.807) is 54.6 Å². The molecule has 0 unspecified atom stereocenters. The molecule has 2 aromatic carbocycles. The number of carbonyl (C=O) groups excluding carboxylic acids is 2. The van der Waals surface area contributed by atoms with E-state index < -0.39 is 11.8 Å². The summed E-state index contributed by atoms with van der Waals surface area (Å²) in [7, 11) is 0. The van der Waals surface area contributed by atoms with Crippen molar-refractivity contribution >= 4 is 45.4 Å². The van der Waals surface area contributed by atoms with Gasteiger partial charge in [-0.25, -0.2) is 0 Å². The van der Waals surface area contributed by atoms with Gasteiger partial charge in [0.15, 0.2) is 0 Å². The molecular weight excluding hydrogens is 408 g/mol. The summed E-state index contributed by atoms with van der Waals surface area (Å²) in [6.07, 6.45) is 1.54. The number of rotatable bonds is 6. The van der Waals surface area contributed by atoms with Gasteiger partial charge in [-0.2, -0.15) is 0 Å². The molecule has 2 aromatic rings. The van der Waals surface area contributed by atoms with Gasteiger partial charge in [-0.15, -0.1) is 0 Å². The summed E-state index contributed by atoms with van der Waals surface area (Å²) in [5, 5.41) is 14.6. The summed E-state index contributed by atoms with van der Waals surface area (Å²) < 4.78 is 0.849. The fourth-order valence-corrected chi connectivity index (χ4v) is 2.33. The van der Waals surface area contributed by atoms with Crippen molar-refractivity contribution in [1.82, 2.24) is 10.6 Å². The highest BCUT2D eigenvalue weighted by Gasteiger charge is 2.14. The van der Waals surface area contributed by atoms with Crippen LogP contribution >= 0.6 is 27.5 Å². The summed E-state index contributed by atoms with van der Waals surface area (Å²) in [6.45, 7) is -0.106. The second-order valence-electron chi connectivity index (χ2n) is 5.05. The van der Waals surface area contributed by atoms with Crippen LogP contribution in [-0.4, -0.2) is 30.1 Å². The largest absolute Gasteiger partial charge is 0.395 e. The van der Waals surface area contributed by atoms with E-state index in [-0.39, 0.29) is 18.8 Å². The van der Waals surface area contributed by atoms with Crippen LogP contribution in [0.1, 0.15) is 15.9 Å². The number of carbonyl (C=O) groups is 2. The molecule has 0 heterocycles. The maximum atomic E-state index is 12.4. The molecule has 7 heteroatoms. The van der Waals surface area contributed by atoms with Crippen LogP contribution in [0.25, 0.3) is 6.08 Å². The van der Waals surface area contributed by atoms with Crippen LogP contribution in [0.15, 0.2) is 58.7 Å². The van der Waals surface area contributed by atoms with Crippen LogP contribution < -0.4 is 10.6 Å². The predicted octanol–water partition coefficient (Wildman–Crippen LogP) is 2.98. The highest BCUT2D eigenvalue weighted by atomic mass is 79.9. The average molecular weight is 424 g/mol. The van der Waals surface area contributed by atoms with Crippen LogP contribution in [0, 0.1) is 0 Å². The minimum atomic E-state index is -0.491. The second kappa shape index (κ2) is 9.36. The van der Waals surface area contributed by atoms with Crippen molar-refractivity contribution in [2.45, 2.75) is 0 Å². The lowest BCUT2D eigenvalue weighted by Gasteiger charge is -2.11. The van der Waals surface area contributed by atoms with Crippen molar-refractivity contribution in [2.75, 3.05) is 13.2 Å². The molecule has 0 fully saturated rings. The molecule has 0 aliphatic carbocycles. The van der Waals surface area contributed by atoms with Gasteiger partial charge in [-0.3, -0.25) is 9.59 Å². The smallest absolute Gasteiger partial charge is 0.267 e. The topological polar surface area (TPSA) is 78.4 Å². The van der Waals surface area contributed by atoms with E-state index in [1.165, 1.54) is 0 Å². The molecule has 0 atom stereocenters. The van der Waals surface area contributed by atoms with E-state index in [9.17, 15) is 9.59 Å². The number of hydrogen-bond acceptors (Lipinski definition) is 3. The lowest BCUT2D eigenvalue weighted by molar-refractivity contribution is -0.117. The van der Waals surface area contributed by atoms with Crippen LogP contribution in [0.5, 0.6) is 0 Å². The first-order chi connectivity index (χ1) is 12.0. The third-order valence-corrected chi connectivity index (χ3v) is 3.96. The molecule has 0 aliphatic heterocycles. The number of halogens is 2. The predicted molar refractivity (Wildman–Crippen MR) is 101 cm³/mol. The molecule has 0 aliphatic rings. The van der Waals surface area contributed by atoms with Crippen LogP contribution in [0.2, 0.25) is 5.02 Å². The van der Waals surface area contributed by atoms with Gasteiger partial charge in [0.2, 0.25) is 0 Å². The zero-order chi connectivity index (χ0) is 18.2. The molecule has 5 nitrogen and oxygen atoms in total. The molecule has 3 N–H and O–H groups in total. The molecule has 0 radical (unpaired) electrons. The third kappa shape index (κ3) is 6.01. The SMILES string of the molecule is O=C(NCCO)C(=Cc1ccc(Cl)cc1)NC(=O)c1ccc(Br)cc1. The Morgan fingerprint density at radius 3 is 2.32 bits per heavy atom. The monoisotopic (exact) mass is 422 g/mol. The maximum Gasteiger partial charge on any atom is 0.267 e. The highest BCUT2D eigenvalue weighted by Crippen LogP contribution is 2.13. The normalized spacial score (nSPS) is 11.1. The zero-order valence-corrected chi connectivity index (χ0v) is 15.5. The molecular formula is C18H16BrClN2O3. The summed E-state index contributed by atoms with van der Waals surface area (Å²) in [6, 6.07) is 13.6. The summed E-state index contributed by atoms with van der Waals surface area (Å²) in [5.74, 6) is -0.902. The highest BCUT2D eigenvalue weighted by molar-refractivity contribution is 9.10. The Balaban J connectivity index is 2.24. The number of nitrogens with one attached hydrogen (secondary N) is 2. The van der Waals surface area contributed by atoms with E-state index >= 15 is 0 Å². The maximum absolute atomic E-state index is 12.4. The van der Waals surface area contributed by atoms with E-state index in [1.807, 2.05) is 0 Å². The van der Waals surface area contributed by atoms with Crippen LogP contribution in [0.4, 0.5) is 0 Å². The third-order valence-electron chi connectivity index (χ3n) is 3.18. The van der Waals surface area contributed by atoms with E-state index in [2.05, 4.69) is 26.6 Å². The summed E-state index contributed by atoms with van der Waals surface area (Å²) in [5.41, 5.74) is 1.19. The number of aliphatic hydroxyl groups is 1. The molecule has 0 saturated carbocycles. The van der Waals surface area contributed by atoms with Crippen LogP contribution in [-0.2, 0) is 4.79 Å². The van der Waals surface area contributed by atoms with Gasteiger partial charge >= 0.3 is 0 Å². The number of amides is 2. The minimum Gasteiger partial charge on any atom is -0.395 e. The number of hydrogen-bond donors (Lipinski definition) is 3. The van der Waals surface area contributed by atoms with E-state index in [4.69, 9.17) is 16.7 Å². The lowest BCUT2D eigenvalue weighted by atomic mass is 10.1. The fraction of sp³-hybridized carbons (Fsp3) is 0.111. The molecule has 0 aromatic heterocycles.